The number of carbonyl (C=O) groups excluding carboxylic acids is 1. The summed E-state index contributed by atoms with van der Waals surface area (Å²) in [7, 11) is 0. The minimum atomic E-state index is -0.156. The summed E-state index contributed by atoms with van der Waals surface area (Å²) in [5, 5.41) is 0. The van der Waals surface area contributed by atoms with Crippen LogP contribution in [-0.2, 0) is 11.3 Å². The third-order valence-corrected chi connectivity index (χ3v) is 4.48. The SMILES string of the molecule is Cc1ccc([C@H]2C[C@H](C)CCN2C(=O)Cn2ccccc2=O)o1. The first-order valence-corrected chi connectivity index (χ1v) is 8.06. The molecule has 1 aliphatic heterocycles. The number of likely N-dealkylation sites (tertiary alicyclic amines) is 1. The van der Waals surface area contributed by atoms with Gasteiger partial charge >= 0.3 is 0 Å². The summed E-state index contributed by atoms with van der Waals surface area (Å²) < 4.78 is 7.21. The van der Waals surface area contributed by atoms with E-state index in [-0.39, 0.29) is 24.1 Å². The van der Waals surface area contributed by atoms with E-state index in [9.17, 15) is 9.59 Å². The van der Waals surface area contributed by atoms with Gasteiger partial charge in [-0.25, -0.2) is 0 Å². The number of furan rings is 1. The molecular formula is C18H22N2O3. The van der Waals surface area contributed by atoms with E-state index in [4.69, 9.17) is 4.42 Å². The molecule has 0 bridgehead atoms. The normalized spacial score (nSPS) is 21.4. The first-order valence-electron chi connectivity index (χ1n) is 8.06. The fourth-order valence-corrected chi connectivity index (χ4v) is 3.17. The molecule has 2 atom stereocenters. The second kappa shape index (κ2) is 6.44. The van der Waals surface area contributed by atoms with Crippen molar-refractivity contribution in [3.8, 4) is 0 Å². The Morgan fingerprint density at radius 1 is 1.30 bits per heavy atom. The molecule has 5 nitrogen and oxygen atoms in total. The number of pyridine rings is 1. The van der Waals surface area contributed by atoms with Gasteiger partial charge in [-0.05, 0) is 43.9 Å². The lowest BCUT2D eigenvalue weighted by molar-refractivity contribution is -0.137. The van der Waals surface area contributed by atoms with Crippen LogP contribution in [0.15, 0.2) is 45.7 Å². The van der Waals surface area contributed by atoms with Crippen LogP contribution in [0.25, 0.3) is 0 Å². The summed E-state index contributed by atoms with van der Waals surface area (Å²) in [5.41, 5.74) is -0.156. The Bertz CT molecular complexity index is 746. The molecule has 1 saturated heterocycles. The minimum Gasteiger partial charge on any atom is -0.464 e. The van der Waals surface area contributed by atoms with E-state index in [0.29, 0.717) is 12.5 Å². The monoisotopic (exact) mass is 314 g/mol. The van der Waals surface area contributed by atoms with Crippen molar-refractivity contribution < 1.29 is 9.21 Å². The molecule has 0 unspecified atom stereocenters. The van der Waals surface area contributed by atoms with E-state index in [0.717, 1.165) is 24.4 Å². The average Bonchev–Trinajstić information content (AvgIpc) is 2.96. The minimum absolute atomic E-state index is 0.0377. The standard InChI is InChI=1S/C18H22N2O3/c1-13-8-10-20(15(11-13)16-7-6-14(2)23-16)18(22)12-19-9-4-3-5-17(19)21/h3-7,9,13,15H,8,10-12H2,1-2H3/t13-,15-/m1/s1. The number of hydrogen-bond donors (Lipinski definition) is 0. The Hall–Kier alpha value is -2.30. The summed E-state index contributed by atoms with van der Waals surface area (Å²) in [6.45, 7) is 4.88. The maximum absolute atomic E-state index is 12.7. The highest BCUT2D eigenvalue weighted by Gasteiger charge is 2.32. The third kappa shape index (κ3) is 3.38. The highest BCUT2D eigenvalue weighted by Crippen LogP contribution is 2.35. The Morgan fingerprint density at radius 3 is 2.83 bits per heavy atom. The first-order chi connectivity index (χ1) is 11.0. The molecule has 122 valence electrons. The van der Waals surface area contributed by atoms with Gasteiger partial charge in [-0.3, -0.25) is 9.59 Å². The van der Waals surface area contributed by atoms with Gasteiger partial charge in [-0.1, -0.05) is 13.0 Å². The number of piperidine rings is 1. The lowest BCUT2D eigenvalue weighted by Crippen LogP contribution is -2.43. The summed E-state index contributed by atoms with van der Waals surface area (Å²) in [5.74, 6) is 2.20. The second-order valence-electron chi connectivity index (χ2n) is 6.35. The summed E-state index contributed by atoms with van der Waals surface area (Å²) in [4.78, 5) is 26.4. The molecule has 0 aromatic carbocycles. The van der Waals surface area contributed by atoms with Gasteiger partial charge in [-0.2, -0.15) is 0 Å². The van der Waals surface area contributed by atoms with E-state index in [1.54, 1.807) is 18.3 Å². The maximum Gasteiger partial charge on any atom is 0.250 e. The van der Waals surface area contributed by atoms with Crippen LogP contribution in [0.1, 0.15) is 37.3 Å². The van der Waals surface area contributed by atoms with Crippen molar-refractivity contribution in [3.05, 3.63) is 58.4 Å². The number of aromatic nitrogens is 1. The van der Waals surface area contributed by atoms with Crippen molar-refractivity contribution in [2.75, 3.05) is 6.54 Å². The zero-order chi connectivity index (χ0) is 16.4. The molecule has 0 spiro atoms. The number of amides is 1. The highest BCUT2D eigenvalue weighted by atomic mass is 16.3. The van der Waals surface area contributed by atoms with Crippen LogP contribution < -0.4 is 5.56 Å². The van der Waals surface area contributed by atoms with Gasteiger partial charge in [0.15, 0.2) is 0 Å². The molecule has 1 fully saturated rings. The predicted octanol–water partition coefficient (Wildman–Crippen LogP) is 2.75. The van der Waals surface area contributed by atoms with Gasteiger partial charge in [0.1, 0.15) is 18.1 Å². The van der Waals surface area contributed by atoms with Crippen molar-refractivity contribution >= 4 is 5.91 Å². The lowest BCUT2D eigenvalue weighted by atomic mass is 9.91. The molecule has 1 amide bonds. The quantitative estimate of drug-likeness (QED) is 0.875. The average molecular weight is 314 g/mol. The number of rotatable bonds is 3. The summed E-state index contributed by atoms with van der Waals surface area (Å²) >= 11 is 0. The summed E-state index contributed by atoms with van der Waals surface area (Å²) in [6.07, 6.45) is 3.52. The van der Waals surface area contributed by atoms with Crippen LogP contribution in [-0.4, -0.2) is 21.9 Å². The van der Waals surface area contributed by atoms with Gasteiger partial charge in [0.05, 0.1) is 6.04 Å². The lowest BCUT2D eigenvalue weighted by Gasteiger charge is -2.37. The zero-order valence-corrected chi connectivity index (χ0v) is 13.6. The smallest absolute Gasteiger partial charge is 0.250 e. The van der Waals surface area contributed by atoms with Crippen molar-refractivity contribution in [1.82, 2.24) is 9.47 Å². The van der Waals surface area contributed by atoms with Crippen molar-refractivity contribution in [2.45, 2.75) is 39.3 Å². The van der Waals surface area contributed by atoms with Gasteiger partial charge < -0.3 is 13.9 Å². The third-order valence-electron chi connectivity index (χ3n) is 4.48. The summed E-state index contributed by atoms with van der Waals surface area (Å²) in [6, 6.07) is 8.75. The van der Waals surface area contributed by atoms with E-state index in [2.05, 4.69) is 6.92 Å². The molecule has 0 N–H and O–H groups in total. The Labute approximate surface area is 135 Å². The van der Waals surface area contributed by atoms with Crippen LogP contribution in [0.5, 0.6) is 0 Å². The maximum atomic E-state index is 12.7. The number of nitrogens with zero attached hydrogens (tertiary/aromatic N) is 2. The van der Waals surface area contributed by atoms with Crippen molar-refractivity contribution in [1.29, 1.82) is 0 Å². The second-order valence-corrected chi connectivity index (χ2v) is 6.35. The predicted molar refractivity (Wildman–Crippen MR) is 87.0 cm³/mol. The molecular weight excluding hydrogens is 292 g/mol. The molecule has 0 saturated carbocycles. The van der Waals surface area contributed by atoms with Crippen LogP contribution in [0.2, 0.25) is 0 Å². The molecule has 2 aromatic heterocycles. The highest BCUT2D eigenvalue weighted by molar-refractivity contribution is 5.76. The molecule has 0 aliphatic carbocycles. The molecule has 0 radical (unpaired) electrons. The van der Waals surface area contributed by atoms with Gasteiger partial charge in [0.2, 0.25) is 5.91 Å². The molecule has 3 rings (SSSR count). The topological polar surface area (TPSA) is 55.5 Å². The van der Waals surface area contributed by atoms with E-state index in [1.165, 1.54) is 10.6 Å². The van der Waals surface area contributed by atoms with E-state index in [1.807, 2.05) is 24.0 Å². The zero-order valence-electron chi connectivity index (χ0n) is 13.6. The number of aryl methyl sites for hydroxylation is 1. The fraction of sp³-hybridized carbons (Fsp3) is 0.444. The Balaban J connectivity index is 1.82. The molecule has 2 aromatic rings. The Morgan fingerprint density at radius 2 is 2.13 bits per heavy atom. The fourth-order valence-electron chi connectivity index (χ4n) is 3.17. The van der Waals surface area contributed by atoms with Crippen LogP contribution in [0.4, 0.5) is 0 Å². The van der Waals surface area contributed by atoms with E-state index < -0.39 is 0 Å². The largest absolute Gasteiger partial charge is 0.464 e. The van der Waals surface area contributed by atoms with Crippen molar-refractivity contribution in [3.63, 3.8) is 0 Å². The van der Waals surface area contributed by atoms with Crippen LogP contribution in [0, 0.1) is 12.8 Å². The number of hydrogen-bond acceptors (Lipinski definition) is 3. The first kappa shape index (κ1) is 15.6. The van der Waals surface area contributed by atoms with Gasteiger partial charge in [-0.15, -0.1) is 0 Å². The molecule has 1 aliphatic rings. The molecule has 3 heterocycles. The number of carbonyl (C=O) groups is 1. The molecule has 23 heavy (non-hydrogen) atoms. The van der Waals surface area contributed by atoms with E-state index >= 15 is 0 Å². The van der Waals surface area contributed by atoms with Gasteiger partial charge in [0, 0.05) is 18.8 Å². The Kier molecular flexibility index (Phi) is 4.37. The van der Waals surface area contributed by atoms with Gasteiger partial charge in [0.25, 0.3) is 5.56 Å². The van der Waals surface area contributed by atoms with Crippen LogP contribution >= 0.6 is 0 Å². The van der Waals surface area contributed by atoms with Crippen molar-refractivity contribution in [2.24, 2.45) is 5.92 Å². The molecule has 5 heteroatoms. The van der Waals surface area contributed by atoms with Crippen LogP contribution in [0.3, 0.4) is 0 Å².